The van der Waals surface area contributed by atoms with Gasteiger partial charge in [-0.15, -0.1) is 0 Å². The van der Waals surface area contributed by atoms with Crippen molar-refractivity contribution < 1.29 is 17.2 Å². The van der Waals surface area contributed by atoms with Crippen LogP contribution in [0.1, 0.15) is 58.4 Å². The van der Waals surface area contributed by atoms with E-state index in [-0.39, 0.29) is 11.3 Å². The highest BCUT2D eigenvalue weighted by molar-refractivity contribution is 7.92. The molecule has 0 aliphatic rings. The molecule has 0 amide bonds. The maximum Gasteiger partial charge on any atom is 0.155 e. The predicted octanol–water partition coefficient (Wildman–Crippen LogP) is 4.67. The zero-order valence-corrected chi connectivity index (χ0v) is 14.5. The zero-order chi connectivity index (χ0) is 16.8. The Balaban J connectivity index is 2.22. The van der Waals surface area contributed by atoms with Gasteiger partial charge in [-0.25, -0.2) is 17.2 Å². The van der Waals surface area contributed by atoms with Gasteiger partial charge < -0.3 is 0 Å². The molecule has 1 aromatic rings. The number of sulfone groups is 1. The van der Waals surface area contributed by atoms with Crippen LogP contribution < -0.4 is 0 Å². The van der Waals surface area contributed by atoms with Crippen LogP contribution in [-0.2, 0) is 16.3 Å². The van der Waals surface area contributed by atoms with Crippen LogP contribution in [0, 0.1) is 11.6 Å². The molecular weight excluding hydrogens is 306 g/mol. The molecule has 0 atom stereocenters. The average molecular weight is 332 g/mol. The van der Waals surface area contributed by atoms with Crippen LogP contribution >= 0.6 is 0 Å². The maximum absolute atomic E-state index is 13.4. The van der Waals surface area contributed by atoms with E-state index in [0.29, 0.717) is 19.3 Å². The lowest BCUT2D eigenvalue weighted by Crippen LogP contribution is -2.30. The summed E-state index contributed by atoms with van der Waals surface area (Å²) < 4.78 is 50.0. The van der Waals surface area contributed by atoms with E-state index in [9.17, 15) is 17.2 Å². The van der Waals surface area contributed by atoms with Gasteiger partial charge in [0.25, 0.3) is 0 Å². The molecule has 0 bridgehead atoms. The van der Waals surface area contributed by atoms with Gasteiger partial charge in [-0.2, -0.15) is 0 Å². The van der Waals surface area contributed by atoms with Crippen LogP contribution in [0.3, 0.4) is 0 Å². The minimum absolute atomic E-state index is 0.151. The Kier molecular flexibility index (Phi) is 6.98. The van der Waals surface area contributed by atoms with Gasteiger partial charge in [0.2, 0.25) is 0 Å². The third-order valence-corrected chi connectivity index (χ3v) is 6.53. The molecule has 0 spiro atoms. The fourth-order valence-electron chi connectivity index (χ4n) is 2.20. The summed E-state index contributed by atoms with van der Waals surface area (Å²) in [5.41, 5.74) is 0.151. The molecule has 5 heteroatoms. The molecule has 126 valence electrons. The van der Waals surface area contributed by atoms with Crippen LogP contribution in [0.15, 0.2) is 18.2 Å². The molecule has 0 aliphatic carbocycles. The molecule has 1 aromatic carbocycles. The molecule has 1 rings (SSSR count). The lowest BCUT2D eigenvalue weighted by atomic mass is 10.0. The van der Waals surface area contributed by atoms with Crippen molar-refractivity contribution in [2.45, 2.75) is 64.0 Å². The van der Waals surface area contributed by atoms with E-state index in [0.717, 1.165) is 19.3 Å². The summed E-state index contributed by atoms with van der Waals surface area (Å²) in [5.74, 6) is -0.772. The highest BCUT2D eigenvalue weighted by Crippen LogP contribution is 2.19. The molecule has 0 heterocycles. The van der Waals surface area contributed by atoms with Gasteiger partial charge in [-0.1, -0.05) is 25.3 Å². The van der Waals surface area contributed by atoms with Gasteiger partial charge >= 0.3 is 0 Å². The predicted molar refractivity (Wildman–Crippen MR) is 86.7 cm³/mol. The molecule has 0 N–H and O–H groups in total. The highest BCUT2D eigenvalue weighted by Gasteiger charge is 2.27. The summed E-state index contributed by atoms with van der Waals surface area (Å²) in [4.78, 5) is 0. The first-order valence-electron chi connectivity index (χ1n) is 7.80. The Morgan fingerprint density at radius 3 is 1.95 bits per heavy atom. The molecule has 22 heavy (non-hydrogen) atoms. The summed E-state index contributed by atoms with van der Waals surface area (Å²) >= 11 is 0. The second-order valence-corrected chi connectivity index (χ2v) is 9.51. The smallest absolute Gasteiger partial charge is 0.155 e. The minimum Gasteiger partial charge on any atom is -0.228 e. The van der Waals surface area contributed by atoms with Crippen LogP contribution in [0.2, 0.25) is 0 Å². The van der Waals surface area contributed by atoms with E-state index in [1.807, 2.05) is 0 Å². The van der Waals surface area contributed by atoms with Gasteiger partial charge in [0, 0.05) is 5.56 Å². The fraction of sp³-hybridized carbons (Fsp3) is 0.647. The molecule has 0 aliphatic heterocycles. The van der Waals surface area contributed by atoms with Crippen LogP contribution in [0.5, 0.6) is 0 Å². The summed E-state index contributed by atoms with van der Waals surface area (Å²) in [6.07, 6.45) is 4.31. The molecular formula is C17H26F2O2S. The largest absolute Gasteiger partial charge is 0.228 e. The van der Waals surface area contributed by atoms with Crippen molar-refractivity contribution in [2.24, 2.45) is 0 Å². The topological polar surface area (TPSA) is 34.1 Å². The number of benzene rings is 1. The monoisotopic (exact) mass is 332 g/mol. The SMILES string of the molecule is CC(C)(C)S(=O)(=O)CCCCCCCc1c(F)cccc1F. The van der Waals surface area contributed by atoms with Crippen LogP contribution in [-0.4, -0.2) is 18.9 Å². The lowest BCUT2D eigenvalue weighted by molar-refractivity contribution is 0.537. The van der Waals surface area contributed by atoms with Crippen molar-refractivity contribution in [3.63, 3.8) is 0 Å². The average Bonchev–Trinajstić information content (AvgIpc) is 2.39. The summed E-state index contributed by atoms with van der Waals surface area (Å²) in [6.45, 7) is 5.14. The first kappa shape index (κ1) is 19.1. The molecule has 0 radical (unpaired) electrons. The summed E-state index contributed by atoms with van der Waals surface area (Å²) in [6, 6.07) is 3.91. The van der Waals surface area contributed by atoms with E-state index >= 15 is 0 Å². The molecule has 0 unspecified atom stereocenters. The number of unbranched alkanes of at least 4 members (excludes halogenated alkanes) is 4. The third kappa shape index (κ3) is 5.67. The Morgan fingerprint density at radius 2 is 1.41 bits per heavy atom. The van der Waals surface area contributed by atoms with Gasteiger partial charge in [0.1, 0.15) is 11.6 Å². The minimum atomic E-state index is -3.04. The first-order valence-corrected chi connectivity index (χ1v) is 9.45. The van der Waals surface area contributed by atoms with Crippen molar-refractivity contribution >= 4 is 9.84 Å². The van der Waals surface area contributed by atoms with E-state index in [1.54, 1.807) is 20.8 Å². The Labute approximate surface area is 132 Å². The van der Waals surface area contributed by atoms with Gasteiger partial charge in [-0.05, 0) is 52.2 Å². The Bertz CT molecular complexity index is 555. The maximum atomic E-state index is 13.4. The van der Waals surface area contributed by atoms with Gasteiger partial charge in [0.05, 0.1) is 10.5 Å². The Morgan fingerprint density at radius 1 is 0.909 bits per heavy atom. The van der Waals surface area contributed by atoms with Crippen molar-refractivity contribution in [3.8, 4) is 0 Å². The summed E-state index contributed by atoms with van der Waals surface area (Å²) in [7, 11) is -3.04. The van der Waals surface area contributed by atoms with E-state index < -0.39 is 26.2 Å². The van der Waals surface area contributed by atoms with E-state index in [4.69, 9.17) is 0 Å². The molecule has 2 nitrogen and oxygen atoms in total. The number of rotatable bonds is 8. The quantitative estimate of drug-likeness (QED) is 0.648. The second-order valence-electron chi connectivity index (χ2n) is 6.65. The molecule has 0 fully saturated rings. The van der Waals surface area contributed by atoms with Crippen LogP contribution in [0.25, 0.3) is 0 Å². The third-order valence-electron chi connectivity index (χ3n) is 3.83. The molecule has 0 aromatic heterocycles. The first-order chi connectivity index (χ1) is 10.1. The van der Waals surface area contributed by atoms with Crippen molar-refractivity contribution in [3.05, 3.63) is 35.4 Å². The fourth-order valence-corrected chi connectivity index (χ4v) is 3.40. The Hall–Kier alpha value is -0.970. The second kappa shape index (κ2) is 8.04. The van der Waals surface area contributed by atoms with Crippen molar-refractivity contribution in [1.82, 2.24) is 0 Å². The normalized spacial score (nSPS) is 12.6. The lowest BCUT2D eigenvalue weighted by Gasteiger charge is -2.18. The van der Waals surface area contributed by atoms with E-state index in [2.05, 4.69) is 0 Å². The van der Waals surface area contributed by atoms with Crippen molar-refractivity contribution in [1.29, 1.82) is 0 Å². The molecule has 0 saturated heterocycles. The van der Waals surface area contributed by atoms with E-state index in [1.165, 1.54) is 18.2 Å². The number of hydrogen-bond donors (Lipinski definition) is 0. The number of halogens is 2. The highest BCUT2D eigenvalue weighted by atomic mass is 32.2. The molecule has 0 saturated carbocycles. The number of hydrogen-bond acceptors (Lipinski definition) is 2. The van der Waals surface area contributed by atoms with Gasteiger partial charge in [0.15, 0.2) is 9.84 Å². The van der Waals surface area contributed by atoms with Crippen molar-refractivity contribution in [2.75, 3.05) is 5.75 Å². The zero-order valence-electron chi connectivity index (χ0n) is 13.7. The summed E-state index contributed by atoms with van der Waals surface area (Å²) in [5, 5.41) is 0. The van der Waals surface area contributed by atoms with Crippen LogP contribution in [0.4, 0.5) is 8.78 Å². The standard InChI is InChI=1S/C17H26F2O2S/c1-17(2,3)22(20,21)13-8-6-4-5-7-10-14-15(18)11-9-12-16(14)19/h9,11-12H,4-8,10,13H2,1-3H3. The van der Waals surface area contributed by atoms with Gasteiger partial charge in [-0.3, -0.25) is 0 Å².